The summed E-state index contributed by atoms with van der Waals surface area (Å²) in [5.41, 5.74) is 1.22. The third kappa shape index (κ3) is 4.99. The van der Waals surface area contributed by atoms with Gasteiger partial charge in [-0.05, 0) is 42.3 Å². The molecule has 0 radical (unpaired) electrons. The summed E-state index contributed by atoms with van der Waals surface area (Å²) in [4.78, 5) is 13.8. The fraction of sp³-hybridized carbons (Fsp3) is 0.250. The van der Waals surface area contributed by atoms with E-state index in [0.29, 0.717) is 24.5 Å². The number of hydrogen-bond donors (Lipinski definition) is 0. The largest absolute Gasteiger partial charge is 0.493 e. The lowest BCUT2D eigenvalue weighted by Gasteiger charge is -2.16. The first-order valence-electron chi connectivity index (χ1n) is 8.04. The average Bonchev–Trinajstić information content (AvgIpc) is 2.65. The lowest BCUT2D eigenvalue weighted by atomic mass is 10.1. The summed E-state index contributed by atoms with van der Waals surface area (Å²) in [7, 11) is 4.85. The maximum absolute atomic E-state index is 13.7. The second kappa shape index (κ2) is 9.25. The molecule has 0 spiro atoms. The third-order valence-corrected chi connectivity index (χ3v) is 4.28. The summed E-state index contributed by atoms with van der Waals surface area (Å²) in [5, 5.41) is 0.266. The zero-order valence-corrected chi connectivity index (χ0v) is 15.7. The second-order valence-electron chi connectivity index (χ2n) is 5.67. The van der Waals surface area contributed by atoms with Crippen molar-refractivity contribution in [1.29, 1.82) is 0 Å². The monoisotopic (exact) mass is 377 g/mol. The lowest BCUT2D eigenvalue weighted by molar-refractivity contribution is -0.124. The van der Waals surface area contributed by atoms with Gasteiger partial charge in [0.2, 0.25) is 5.91 Å². The molecular weight excluding hydrogens is 357 g/mol. The van der Waals surface area contributed by atoms with Crippen LogP contribution in [0.5, 0.6) is 11.5 Å². The number of methoxy groups -OCH3 is 2. The van der Waals surface area contributed by atoms with Crippen molar-refractivity contribution < 1.29 is 18.7 Å². The molecule has 6 heteroatoms. The summed E-state index contributed by atoms with van der Waals surface area (Å²) in [6.07, 6.45) is 3.36. The molecule has 1 amide bonds. The van der Waals surface area contributed by atoms with Crippen LogP contribution in [0.25, 0.3) is 6.08 Å². The maximum Gasteiger partial charge on any atom is 0.246 e. The van der Waals surface area contributed by atoms with Gasteiger partial charge in [0.15, 0.2) is 11.5 Å². The van der Waals surface area contributed by atoms with Gasteiger partial charge in [0.25, 0.3) is 0 Å². The molecule has 0 N–H and O–H groups in total. The summed E-state index contributed by atoms with van der Waals surface area (Å²) >= 11 is 5.95. The summed E-state index contributed by atoms with van der Waals surface area (Å²) in [6.45, 7) is 0.504. The molecule has 0 aliphatic heterocycles. The number of hydrogen-bond acceptors (Lipinski definition) is 3. The lowest BCUT2D eigenvalue weighted by Crippen LogP contribution is -2.27. The van der Waals surface area contributed by atoms with Crippen LogP contribution in [-0.2, 0) is 11.2 Å². The summed E-state index contributed by atoms with van der Waals surface area (Å²) in [5.74, 6) is 0.609. The second-order valence-corrected chi connectivity index (χ2v) is 6.07. The summed E-state index contributed by atoms with van der Waals surface area (Å²) in [6, 6.07) is 10.0. The molecule has 26 heavy (non-hydrogen) atoms. The third-order valence-electron chi connectivity index (χ3n) is 3.95. The predicted molar refractivity (Wildman–Crippen MR) is 101 cm³/mol. The van der Waals surface area contributed by atoms with Gasteiger partial charge < -0.3 is 14.4 Å². The molecule has 138 valence electrons. The van der Waals surface area contributed by atoms with E-state index in [1.165, 1.54) is 24.3 Å². The molecule has 0 bridgehead atoms. The van der Waals surface area contributed by atoms with Gasteiger partial charge >= 0.3 is 0 Å². The van der Waals surface area contributed by atoms with E-state index in [2.05, 4.69) is 0 Å². The van der Waals surface area contributed by atoms with E-state index >= 15 is 0 Å². The highest BCUT2D eigenvalue weighted by molar-refractivity contribution is 6.32. The maximum atomic E-state index is 13.7. The molecule has 0 aliphatic carbocycles. The van der Waals surface area contributed by atoms with Crippen LogP contribution in [0, 0.1) is 5.82 Å². The van der Waals surface area contributed by atoms with Gasteiger partial charge in [-0.25, -0.2) is 4.39 Å². The molecule has 0 aromatic heterocycles. The van der Waals surface area contributed by atoms with Gasteiger partial charge in [0.05, 0.1) is 19.2 Å². The number of carbonyl (C=O) groups excluding carboxylic acids is 1. The Morgan fingerprint density at radius 2 is 1.92 bits per heavy atom. The number of likely N-dealkylation sites (N-methyl/N-ethyl adjacent to an activating group) is 1. The highest BCUT2D eigenvalue weighted by Crippen LogP contribution is 2.27. The van der Waals surface area contributed by atoms with Gasteiger partial charge in [-0.15, -0.1) is 0 Å². The van der Waals surface area contributed by atoms with Crippen molar-refractivity contribution in [2.75, 3.05) is 27.8 Å². The van der Waals surface area contributed by atoms with E-state index in [4.69, 9.17) is 21.1 Å². The van der Waals surface area contributed by atoms with Crippen LogP contribution in [-0.4, -0.2) is 38.6 Å². The van der Waals surface area contributed by atoms with Crippen LogP contribution in [0.3, 0.4) is 0 Å². The Kier molecular flexibility index (Phi) is 7.04. The zero-order valence-electron chi connectivity index (χ0n) is 15.0. The van der Waals surface area contributed by atoms with Crippen LogP contribution in [0.15, 0.2) is 42.5 Å². The van der Waals surface area contributed by atoms with E-state index in [1.807, 2.05) is 18.2 Å². The minimum atomic E-state index is -0.463. The minimum Gasteiger partial charge on any atom is -0.493 e. The molecule has 0 heterocycles. The fourth-order valence-corrected chi connectivity index (χ4v) is 2.62. The van der Waals surface area contributed by atoms with Crippen molar-refractivity contribution in [3.05, 3.63) is 64.4 Å². The first-order valence-corrected chi connectivity index (χ1v) is 8.42. The van der Waals surface area contributed by atoms with Crippen molar-refractivity contribution in [3.8, 4) is 11.5 Å². The first-order chi connectivity index (χ1) is 12.5. The van der Waals surface area contributed by atoms with E-state index < -0.39 is 5.82 Å². The molecule has 2 rings (SSSR count). The van der Waals surface area contributed by atoms with Crippen LogP contribution in [0.1, 0.15) is 11.1 Å². The van der Waals surface area contributed by atoms with E-state index in [9.17, 15) is 9.18 Å². The molecule has 4 nitrogen and oxygen atoms in total. The Bertz CT molecular complexity index is 787. The van der Waals surface area contributed by atoms with Crippen LogP contribution in [0.4, 0.5) is 4.39 Å². The highest BCUT2D eigenvalue weighted by Gasteiger charge is 2.09. The average molecular weight is 378 g/mol. The molecule has 0 saturated carbocycles. The quantitative estimate of drug-likeness (QED) is 0.678. The number of ether oxygens (including phenoxy) is 2. The Labute approximate surface area is 157 Å². The molecular formula is C20H21ClFNO3. The van der Waals surface area contributed by atoms with Crippen LogP contribution >= 0.6 is 11.6 Å². The van der Waals surface area contributed by atoms with Gasteiger partial charge in [-0.2, -0.15) is 0 Å². The van der Waals surface area contributed by atoms with Gasteiger partial charge in [0, 0.05) is 25.2 Å². The topological polar surface area (TPSA) is 38.8 Å². The van der Waals surface area contributed by atoms with Crippen molar-refractivity contribution in [2.24, 2.45) is 0 Å². The number of halogens is 2. The zero-order chi connectivity index (χ0) is 19.1. The normalized spacial score (nSPS) is 10.8. The molecule has 2 aromatic rings. The number of carbonyl (C=O) groups is 1. The molecule has 0 aliphatic rings. The smallest absolute Gasteiger partial charge is 0.246 e. The number of nitrogens with zero attached hydrogens (tertiary/aromatic N) is 1. The molecule has 2 aromatic carbocycles. The van der Waals surface area contributed by atoms with Crippen molar-refractivity contribution in [1.82, 2.24) is 4.90 Å². The SMILES string of the molecule is COc1ccc(CCN(C)C(=O)/C=C/c2c(F)cccc2Cl)cc1OC. The van der Waals surface area contributed by atoms with Gasteiger partial charge in [0.1, 0.15) is 5.82 Å². The molecule has 0 atom stereocenters. The Morgan fingerprint density at radius 1 is 1.19 bits per heavy atom. The van der Waals surface area contributed by atoms with E-state index in [-0.39, 0.29) is 16.5 Å². The fourth-order valence-electron chi connectivity index (χ4n) is 2.39. The number of rotatable bonds is 7. The summed E-state index contributed by atoms with van der Waals surface area (Å²) < 4.78 is 24.2. The first kappa shape index (κ1) is 19.8. The Hall–Kier alpha value is -2.53. The van der Waals surface area contributed by atoms with Crippen molar-refractivity contribution in [2.45, 2.75) is 6.42 Å². The number of amides is 1. The molecule has 0 saturated heterocycles. The molecule has 0 fully saturated rings. The van der Waals surface area contributed by atoms with E-state index in [0.717, 1.165) is 5.56 Å². The highest BCUT2D eigenvalue weighted by atomic mass is 35.5. The van der Waals surface area contributed by atoms with Crippen molar-refractivity contribution in [3.63, 3.8) is 0 Å². The molecule has 0 unspecified atom stereocenters. The number of benzene rings is 2. The predicted octanol–water partition coefficient (Wildman–Crippen LogP) is 4.21. The minimum absolute atomic E-state index is 0.204. The van der Waals surface area contributed by atoms with Gasteiger partial charge in [-0.1, -0.05) is 23.7 Å². The van der Waals surface area contributed by atoms with Crippen LogP contribution in [0.2, 0.25) is 5.02 Å². The Balaban J connectivity index is 1.98. The van der Waals surface area contributed by atoms with Gasteiger partial charge in [-0.3, -0.25) is 4.79 Å². The van der Waals surface area contributed by atoms with E-state index in [1.54, 1.807) is 32.2 Å². The van der Waals surface area contributed by atoms with Crippen molar-refractivity contribution >= 4 is 23.6 Å². The Morgan fingerprint density at radius 3 is 2.58 bits per heavy atom. The van der Waals surface area contributed by atoms with Crippen LogP contribution < -0.4 is 9.47 Å². The standard InChI is InChI=1S/C20H21ClFNO3/c1-23(12-11-14-7-9-18(25-2)19(13-14)26-3)20(24)10-8-15-16(21)5-4-6-17(15)22/h4-10,13H,11-12H2,1-3H3/b10-8+.